The van der Waals surface area contributed by atoms with Crippen LogP contribution in [0.15, 0.2) is 18.5 Å². The molecular weight excluding hydrogens is 184 g/mol. The molecule has 2 nitrogen and oxygen atoms in total. The summed E-state index contributed by atoms with van der Waals surface area (Å²) in [5, 5.41) is 3.52. The molecule has 0 aliphatic heterocycles. The fraction of sp³-hybridized carbons (Fsp3) is 0.692. The van der Waals surface area contributed by atoms with Crippen molar-refractivity contribution < 1.29 is 0 Å². The van der Waals surface area contributed by atoms with Crippen molar-refractivity contribution in [2.75, 3.05) is 6.54 Å². The SMILES string of the molecule is CC(C)C(C)(C)CNCc1ccn(C)c1. The van der Waals surface area contributed by atoms with E-state index in [4.69, 9.17) is 0 Å². The van der Waals surface area contributed by atoms with Crippen molar-refractivity contribution in [3.8, 4) is 0 Å². The van der Waals surface area contributed by atoms with E-state index in [0.717, 1.165) is 13.1 Å². The third kappa shape index (κ3) is 3.71. The largest absolute Gasteiger partial charge is 0.357 e. The molecule has 0 amide bonds. The van der Waals surface area contributed by atoms with Crippen molar-refractivity contribution >= 4 is 0 Å². The van der Waals surface area contributed by atoms with Gasteiger partial charge in [0.05, 0.1) is 0 Å². The number of aromatic nitrogens is 1. The smallest absolute Gasteiger partial charge is 0.0220 e. The first-order valence-corrected chi connectivity index (χ1v) is 5.73. The summed E-state index contributed by atoms with van der Waals surface area (Å²) in [6.07, 6.45) is 4.25. The number of rotatable bonds is 5. The lowest BCUT2D eigenvalue weighted by Gasteiger charge is -2.29. The summed E-state index contributed by atoms with van der Waals surface area (Å²) in [4.78, 5) is 0. The Hall–Kier alpha value is -0.760. The normalized spacial score (nSPS) is 12.4. The Morgan fingerprint density at radius 1 is 1.40 bits per heavy atom. The first-order chi connectivity index (χ1) is 6.92. The van der Waals surface area contributed by atoms with Crippen LogP contribution in [0.4, 0.5) is 0 Å². The van der Waals surface area contributed by atoms with Gasteiger partial charge >= 0.3 is 0 Å². The lowest BCUT2D eigenvalue weighted by Crippen LogP contribution is -2.33. The zero-order chi connectivity index (χ0) is 11.5. The molecule has 2 heteroatoms. The van der Waals surface area contributed by atoms with E-state index in [0.29, 0.717) is 11.3 Å². The number of nitrogens with one attached hydrogen (secondary N) is 1. The minimum absolute atomic E-state index is 0.370. The molecule has 0 aliphatic rings. The van der Waals surface area contributed by atoms with Crippen LogP contribution in [-0.4, -0.2) is 11.1 Å². The van der Waals surface area contributed by atoms with Gasteiger partial charge in [-0.1, -0.05) is 27.7 Å². The second kappa shape index (κ2) is 4.84. The van der Waals surface area contributed by atoms with Crippen LogP contribution < -0.4 is 5.32 Å². The number of hydrogen-bond donors (Lipinski definition) is 1. The van der Waals surface area contributed by atoms with Gasteiger partial charge in [0.1, 0.15) is 0 Å². The van der Waals surface area contributed by atoms with Crippen LogP contribution in [0.25, 0.3) is 0 Å². The molecule has 1 heterocycles. The van der Waals surface area contributed by atoms with Crippen LogP contribution in [0.1, 0.15) is 33.3 Å². The Morgan fingerprint density at radius 3 is 2.53 bits per heavy atom. The van der Waals surface area contributed by atoms with Crippen molar-refractivity contribution in [2.24, 2.45) is 18.4 Å². The molecular formula is C13H24N2. The van der Waals surface area contributed by atoms with Gasteiger partial charge in [-0.2, -0.15) is 0 Å². The molecule has 0 spiro atoms. The summed E-state index contributed by atoms with van der Waals surface area (Å²) in [6, 6.07) is 2.16. The lowest BCUT2D eigenvalue weighted by molar-refractivity contribution is 0.238. The second-order valence-electron chi connectivity index (χ2n) is 5.43. The van der Waals surface area contributed by atoms with Gasteiger partial charge < -0.3 is 9.88 Å². The van der Waals surface area contributed by atoms with E-state index < -0.39 is 0 Å². The van der Waals surface area contributed by atoms with Gasteiger partial charge in [0, 0.05) is 32.5 Å². The minimum atomic E-state index is 0.370. The summed E-state index contributed by atoms with van der Waals surface area (Å²) >= 11 is 0. The molecule has 86 valence electrons. The van der Waals surface area contributed by atoms with Crippen LogP contribution in [0.3, 0.4) is 0 Å². The zero-order valence-corrected chi connectivity index (χ0v) is 10.7. The average molecular weight is 208 g/mol. The number of aryl methyl sites for hydroxylation is 1. The van der Waals surface area contributed by atoms with E-state index in [1.165, 1.54) is 5.56 Å². The third-order valence-electron chi connectivity index (χ3n) is 3.37. The Labute approximate surface area is 93.7 Å². The van der Waals surface area contributed by atoms with Crippen LogP contribution >= 0.6 is 0 Å². The Kier molecular flexibility index (Phi) is 3.97. The fourth-order valence-corrected chi connectivity index (χ4v) is 1.40. The molecule has 0 saturated heterocycles. The van der Waals surface area contributed by atoms with Gasteiger partial charge in [-0.05, 0) is 23.0 Å². The summed E-state index contributed by atoms with van der Waals surface area (Å²) in [7, 11) is 2.06. The zero-order valence-electron chi connectivity index (χ0n) is 10.7. The first kappa shape index (κ1) is 12.3. The Morgan fingerprint density at radius 2 is 2.07 bits per heavy atom. The minimum Gasteiger partial charge on any atom is -0.357 e. The third-order valence-corrected chi connectivity index (χ3v) is 3.37. The van der Waals surface area contributed by atoms with E-state index in [1.54, 1.807) is 0 Å². The number of nitrogens with zero attached hydrogens (tertiary/aromatic N) is 1. The molecule has 15 heavy (non-hydrogen) atoms. The highest BCUT2D eigenvalue weighted by atomic mass is 14.9. The van der Waals surface area contributed by atoms with Gasteiger partial charge in [-0.15, -0.1) is 0 Å². The summed E-state index contributed by atoms with van der Waals surface area (Å²) < 4.78 is 2.09. The molecule has 1 aromatic rings. The highest BCUT2D eigenvalue weighted by molar-refractivity contribution is 5.09. The first-order valence-electron chi connectivity index (χ1n) is 5.73. The maximum absolute atomic E-state index is 3.52. The molecule has 0 atom stereocenters. The van der Waals surface area contributed by atoms with E-state index in [-0.39, 0.29) is 0 Å². The standard InChI is InChI=1S/C13H24N2/c1-11(2)13(3,4)10-14-8-12-6-7-15(5)9-12/h6-7,9,11,14H,8,10H2,1-5H3. The van der Waals surface area contributed by atoms with Gasteiger partial charge in [-0.3, -0.25) is 0 Å². The topological polar surface area (TPSA) is 17.0 Å². The number of hydrogen-bond acceptors (Lipinski definition) is 1. The summed E-state index contributed by atoms with van der Waals surface area (Å²) in [6.45, 7) is 11.2. The molecule has 1 rings (SSSR count). The second-order valence-corrected chi connectivity index (χ2v) is 5.43. The maximum atomic E-state index is 3.52. The molecule has 0 unspecified atom stereocenters. The highest BCUT2D eigenvalue weighted by Crippen LogP contribution is 2.24. The van der Waals surface area contributed by atoms with Crippen LogP contribution in [0.5, 0.6) is 0 Å². The van der Waals surface area contributed by atoms with Crippen LogP contribution in [-0.2, 0) is 13.6 Å². The molecule has 0 bridgehead atoms. The van der Waals surface area contributed by atoms with Gasteiger partial charge in [0.25, 0.3) is 0 Å². The predicted octanol–water partition coefficient (Wildman–Crippen LogP) is 2.80. The lowest BCUT2D eigenvalue weighted by atomic mass is 9.81. The Balaban J connectivity index is 2.33. The summed E-state index contributed by atoms with van der Waals surface area (Å²) in [5.74, 6) is 0.709. The van der Waals surface area contributed by atoms with Crippen LogP contribution in [0, 0.1) is 11.3 Å². The van der Waals surface area contributed by atoms with E-state index in [2.05, 4.69) is 63.1 Å². The molecule has 0 saturated carbocycles. The quantitative estimate of drug-likeness (QED) is 0.787. The summed E-state index contributed by atoms with van der Waals surface area (Å²) in [5.41, 5.74) is 1.73. The van der Waals surface area contributed by atoms with E-state index >= 15 is 0 Å². The van der Waals surface area contributed by atoms with E-state index in [1.807, 2.05) is 0 Å². The Bertz CT molecular complexity index is 297. The van der Waals surface area contributed by atoms with Crippen LogP contribution in [0.2, 0.25) is 0 Å². The molecule has 1 N–H and O–H groups in total. The van der Waals surface area contributed by atoms with Crippen molar-refractivity contribution in [2.45, 2.75) is 34.2 Å². The molecule has 1 aromatic heterocycles. The van der Waals surface area contributed by atoms with E-state index in [9.17, 15) is 0 Å². The average Bonchev–Trinajstić information content (AvgIpc) is 2.51. The van der Waals surface area contributed by atoms with Gasteiger partial charge in [-0.25, -0.2) is 0 Å². The maximum Gasteiger partial charge on any atom is 0.0220 e. The van der Waals surface area contributed by atoms with Crippen molar-refractivity contribution in [1.29, 1.82) is 0 Å². The fourth-order valence-electron chi connectivity index (χ4n) is 1.40. The predicted molar refractivity (Wildman–Crippen MR) is 65.7 cm³/mol. The highest BCUT2D eigenvalue weighted by Gasteiger charge is 2.21. The molecule has 0 aliphatic carbocycles. The van der Waals surface area contributed by atoms with Gasteiger partial charge in [0.15, 0.2) is 0 Å². The van der Waals surface area contributed by atoms with Crippen molar-refractivity contribution in [3.05, 3.63) is 24.0 Å². The molecule has 0 radical (unpaired) electrons. The monoisotopic (exact) mass is 208 g/mol. The van der Waals surface area contributed by atoms with Crippen molar-refractivity contribution in [3.63, 3.8) is 0 Å². The van der Waals surface area contributed by atoms with Crippen molar-refractivity contribution in [1.82, 2.24) is 9.88 Å². The van der Waals surface area contributed by atoms with Gasteiger partial charge in [0.2, 0.25) is 0 Å². The molecule has 0 aromatic carbocycles. The molecule has 0 fully saturated rings.